The fourth-order valence-corrected chi connectivity index (χ4v) is 1.14. The second kappa shape index (κ2) is 5.55. The smallest absolute Gasteiger partial charge is 0.307 e. The Kier molecular flexibility index (Phi) is 4.55. The molecule has 0 spiro atoms. The van der Waals surface area contributed by atoms with Crippen LogP contribution in [0, 0.1) is 17.5 Å². The van der Waals surface area contributed by atoms with E-state index in [1.165, 1.54) is 0 Å². The Morgan fingerprint density at radius 2 is 1.56 bits per heavy atom. The predicted octanol–water partition coefficient (Wildman–Crippen LogP) is 3.09. The van der Waals surface area contributed by atoms with Gasteiger partial charge in [0.1, 0.15) is 5.82 Å². The molecule has 0 radical (unpaired) electrons. The first-order valence-corrected chi connectivity index (χ1v) is 4.74. The van der Waals surface area contributed by atoms with Crippen molar-refractivity contribution in [1.82, 2.24) is 5.32 Å². The summed E-state index contributed by atoms with van der Waals surface area (Å²) in [5.74, 6) is -8.19. The minimum atomic E-state index is -4.27. The maximum Gasteiger partial charge on any atom is 0.319 e. The molecule has 0 aliphatic carbocycles. The lowest BCUT2D eigenvalue weighted by Gasteiger charge is -2.15. The molecule has 18 heavy (non-hydrogen) atoms. The van der Waals surface area contributed by atoms with E-state index in [0.29, 0.717) is 6.07 Å². The van der Waals surface area contributed by atoms with Crippen molar-refractivity contribution in [3.63, 3.8) is 0 Å². The molecule has 1 aromatic rings. The van der Waals surface area contributed by atoms with Crippen LogP contribution in [0.2, 0.25) is 0 Å². The number of hydrogen-bond acceptors (Lipinski definition) is 1. The number of hydrogen-bond donors (Lipinski definition) is 1. The first-order valence-electron chi connectivity index (χ1n) is 4.74. The minimum Gasteiger partial charge on any atom is -0.307 e. The third-order valence-corrected chi connectivity index (χ3v) is 2.08. The lowest BCUT2D eigenvalue weighted by molar-refractivity contribution is -0.125. The Morgan fingerprint density at radius 1 is 1.00 bits per heavy atom. The normalized spacial score (nSPS) is 12.2. The second-order valence-electron chi connectivity index (χ2n) is 3.52. The van der Waals surface area contributed by atoms with Crippen LogP contribution in [0.15, 0.2) is 12.1 Å². The van der Waals surface area contributed by atoms with Crippen LogP contribution in [0.25, 0.3) is 0 Å². The van der Waals surface area contributed by atoms with Gasteiger partial charge in [0.2, 0.25) is 0 Å². The Labute approximate surface area is 97.6 Å². The molecule has 1 rings (SSSR count). The zero-order chi connectivity index (χ0) is 13.9. The summed E-state index contributed by atoms with van der Waals surface area (Å²) in [6, 6.07) is 0.718. The van der Waals surface area contributed by atoms with Gasteiger partial charge in [0.25, 0.3) is 0 Å². The number of halogens is 7. The van der Waals surface area contributed by atoms with Crippen molar-refractivity contribution in [2.24, 2.45) is 0 Å². The average Bonchev–Trinajstić information content (AvgIpc) is 2.25. The van der Waals surface area contributed by atoms with Crippen LogP contribution < -0.4 is 5.32 Å². The Hall–Kier alpha value is -1.31. The van der Waals surface area contributed by atoms with Crippen molar-refractivity contribution in [2.75, 3.05) is 6.54 Å². The molecule has 0 bridgehead atoms. The van der Waals surface area contributed by atoms with E-state index < -0.39 is 48.5 Å². The second-order valence-corrected chi connectivity index (χ2v) is 3.52. The van der Waals surface area contributed by atoms with Crippen LogP contribution in [0.5, 0.6) is 0 Å². The first-order chi connectivity index (χ1) is 8.24. The summed E-state index contributed by atoms with van der Waals surface area (Å²) in [5.41, 5.74) is -0.432. The average molecular weight is 275 g/mol. The highest BCUT2D eigenvalue weighted by atomic mass is 19.3. The van der Waals surface area contributed by atoms with Crippen molar-refractivity contribution in [3.05, 3.63) is 35.1 Å². The number of nitrogens with one attached hydrogen (secondary N) is 1. The molecule has 1 nitrogen and oxygen atoms in total. The van der Waals surface area contributed by atoms with E-state index >= 15 is 0 Å². The molecule has 1 aromatic carbocycles. The van der Waals surface area contributed by atoms with Crippen LogP contribution in [0.4, 0.5) is 30.7 Å². The zero-order valence-electron chi connectivity index (χ0n) is 8.79. The standard InChI is InChI=1S/C10H8F7N/c11-6-2-8(13)7(12)1-5(6)3-18-4-10(16,17)9(14)15/h1-2,9,18H,3-4H2. The van der Waals surface area contributed by atoms with E-state index in [-0.39, 0.29) is 6.07 Å². The SMILES string of the molecule is Fc1cc(F)c(CNCC(F)(F)C(F)F)cc1F. The summed E-state index contributed by atoms with van der Waals surface area (Å²) in [6.07, 6.45) is -3.86. The lowest BCUT2D eigenvalue weighted by atomic mass is 10.2. The summed E-state index contributed by atoms with van der Waals surface area (Å²) < 4.78 is 86.7. The molecule has 8 heteroatoms. The third kappa shape index (κ3) is 3.59. The van der Waals surface area contributed by atoms with E-state index in [0.717, 1.165) is 0 Å². The van der Waals surface area contributed by atoms with Crippen molar-refractivity contribution < 1.29 is 30.7 Å². The summed E-state index contributed by atoms with van der Waals surface area (Å²) in [7, 11) is 0. The Bertz CT molecular complexity index is 419. The highest BCUT2D eigenvalue weighted by molar-refractivity contribution is 5.19. The highest BCUT2D eigenvalue weighted by Crippen LogP contribution is 2.22. The summed E-state index contributed by atoms with van der Waals surface area (Å²) in [4.78, 5) is 0. The van der Waals surface area contributed by atoms with Gasteiger partial charge in [-0.25, -0.2) is 22.0 Å². The van der Waals surface area contributed by atoms with Gasteiger partial charge < -0.3 is 5.32 Å². The van der Waals surface area contributed by atoms with Crippen LogP contribution >= 0.6 is 0 Å². The molecule has 0 atom stereocenters. The topological polar surface area (TPSA) is 12.0 Å². The van der Waals surface area contributed by atoms with Gasteiger partial charge in [0, 0.05) is 18.2 Å². The molecule has 102 valence electrons. The molecule has 0 saturated heterocycles. The van der Waals surface area contributed by atoms with Gasteiger partial charge in [0.15, 0.2) is 11.6 Å². The van der Waals surface area contributed by atoms with E-state index in [4.69, 9.17) is 0 Å². The third-order valence-electron chi connectivity index (χ3n) is 2.08. The van der Waals surface area contributed by atoms with E-state index in [9.17, 15) is 30.7 Å². The van der Waals surface area contributed by atoms with Gasteiger partial charge in [-0.3, -0.25) is 0 Å². The van der Waals surface area contributed by atoms with Gasteiger partial charge in [-0.1, -0.05) is 0 Å². The van der Waals surface area contributed by atoms with E-state index in [1.807, 2.05) is 5.32 Å². The number of benzene rings is 1. The van der Waals surface area contributed by atoms with Crippen molar-refractivity contribution in [3.8, 4) is 0 Å². The van der Waals surface area contributed by atoms with Gasteiger partial charge >= 0.3 is 12.3 Å². The van der Waals surface area contributed by atoms with Crippen LogP contribution in [0.1, 0.15) is 5.56 Å². The van der Waals surface area contributed by atoms with Gasteiger partial charge in [-0.05, 0) is 6.07 Å². The van der Waals surface area contributed by atoms with Gasteiger partial charge in [0.05, 0.1) is 6.54 Å². The van der Waals surface area contributed by atoms with Crippen molar-refractivity contribution >= 4 is 0 Å². The molecule has 0 heterocycles. The highest BCUT2D eigenvalue weighted by Gasteiger charge is 2.40. The quantitative estimate of drug-likeness (QED) is 0.643. The first kappa shape index (κ1) is 14.7. The molecule has 0 amide bonds. The fraction of sp³-hybridized carbons (Fsp3) is 0.400. The molecule has 0 fully saturated rings. The Balaban J connectivity index is 2.62. The predicted molar refractivity (Wildman–Crippen MR) is 49.0 cm³/mol. The monoisotopic (exact) mass is 275 g/mol. The number of alkyl halides is 4. The van der Waals surface area contributed by atoms with E-state index in [1.54, 1.807) is 0 Å². The summed E-state index contributed by atoms with van der Waals surface area (Å²) >= 11 is 0. The van der Waals surface area contributed by atoms with E-state index in [2.05, 4.69) is 0 Å². The molecule has 0 unspecified atom stereocenters. The maximum atomic E-state index is 13.0. The molecule has 0 saturated carbocycles. The fourth-order valence-electron chi connectivity index (χ4n) is 1.14. The molecule has 0 aliphatic heterocycles. The minimum absolute atomic E-state index is 0.248. The van der Waals surface area contributed by atoms with Crippen LogP contribution in [0.3, 0.4) is 0 Å². The van der Waals surface area contributed by atoms with Gasteiger partial charge in [-0.15, -0.1) is 0 Å². The lowest BCUT2D eigenvalue weighted by Crippen LogP contribution is -2.38. The maximum absolute atomic E-state index is 13.0. The summed E-state index contributed by atoms with van der Waals surface area (Å²) in [6.45, 7) is -2.02. The zero-order valence-corrected chi connectivity index (χ0v) is 8.79. The number of rotatable bonds is 5. The summed E-state index contributed by atoms with van der Waals surface area (Å²) in [5, 5.41) is 1.85. The molecule has 0 aromatic heterocycles. The van der Waals surface area contributed by atoms with Crippen LogP contribution in [-0.4, -0.2) is 18.9 Å². The molecule has 1 N–H and O–H groups in total. The molecule has 0 aliphatic rings. The molecular weight excluding hydrogens is 267 g/mol. The molecular formula is C10H8F7N. The Morgan fingerprint density at radius 3 is 2.11 bits per heavy atom. The van der Waals surface area contributed by atoms with Crippen molar-refractivity contribution in [1.29, 1.82) is 0 Å². The van der Waals surface area contributed by atoms with Crippen molar-refractivity contribution in [2.45, 2.75) is 18.9 Å². The van der Waals surface area contributed by atoms with Gasteiger partial charge in [-0.2, -0.15) is 8.78 Å². The van der Waals surface area contributed by atoms with Crippen LogP contribution in [-0.2, 0) is 6.54 Å². The largest absolute Gasteiger partial charge is 0.319 e.